The van der Waals surface area contributed by atoms with Gasteiger partial charge in [0.25, 0.3) is 0 Å². The van der Waals surface area contributed by atoms with Gasteiger partial charge in [-0.3, -0.25) is 5.32 Å². The first-order chi connectivity index (χ1) is 9.88. The summed E-state index contributed by atoms with van der Waals surface area (Å²) in [4.78, 5) is 0. The van der Waals surface area contributed by atoms with Gasteiger partial charge in [-0.05, 0) is 31.6 Å². The summed E-state index contributed by atoms with van der Waals surface area (Å²) < 4.78 is 22.3. The highest BCUT2D eigenvalue weighted by Gasteiger charge is 2.46. The van der Waals surface area contributed by atoms with E-state index in [1.54, 1.807) is 0 Å². The van der Waals surface area contributed by atoms with Crippen molar-refractivity contribution in [1.82, 2.24) is 5.32 Å². The molecule has 5 nitrogen and oxygen atoms in total. The zero-order valence-electron chi connectivity index (χ0n) is 12.0. The van der Waals surface area contributed by atoms with E-state index in [4.69, 9.17) is 18.9 Å². The predicted octanol–water partition coefficient (Wildman–Crippen LogP) is 1.76. The lowest BCUT2D eigenvalue weighted by atomic mass is 9.90. The Morgan fingerprint density at radius 1 is 1.05 bits per heavy atom. The SMILES string of the molecule is C1CCC(COC2OC2CCC2COC3OC3N2)CC1. The minimum atomic E-state index is 0.0231. The lowest BCUT2D eigenvalue weighted by molar-refractivity contribution is 0.0199. The fourth-order valence-electron chi connectivity index (χ4n) is 3.43. The Morgan fingerprint density at radius 3 is 2.80 bits per heavy atom. The van der Waals surface area contributed by atoms with Crippen LogP contribution in [-0.2, 0) is 18.9 Å². The van der Waals surface area contributed by atoms with Gasteiger partial charge < -0.3 is 18.9 Å². The molecule has 0 aromatic rings. The van der Waals surface area contributed by atoms with Crippen LogP contribution in [0.3, 0.4) is 0 Å². The monoisotopic (exact) mass is 283 g/mol. The van der Waals surface area contributed by atoms with Gasteiger partial charge >= 0.3 is 0 Å². The number of hydrogen-bond acceptors (Lipinski definition) is 5. The van der Waals surface area contributed by atoms with E-state index in [1.165, 1.54) is 32.1 Å². The van der Waals surface area contributed by atoms with Crippen molar-refractivity contribution in [3.63, 3.8) is 0 Å². The summed E-state index contributed by atoms with van der Waals surface area (Å²) >= 11 is 0. The van der Waals surface area contributed by atoms with Gasteiger partial charge in [0.2, 0.25) is 0 Å². The van der Waals surface area contributed by atoms with Crippen LogP contribution in [0.15, 0.2) is 0 Å². The molecule has 0 aromatic heterocycles. The Balaban J connectivity index is 1.09. The fourth-order valence-corrected chi connectivity index (χ4v) is 3.43. The first-order valence-electron chi connectivity index (χ1n) is 8.19. The van der Waals surface area contributed by atoms with Crippen molar-refractivity contribution in [2.45, 2.75) is 75.9 Å². The minimum Gasteiger partial charge on any atom is -0.350 e. The minimum absolute atomic E-state index is 0.0231. The Labute approximate surface area is 120 Å². The third kappa shape index (κ3) is 3.34. The van der Waals surface area contributed by atoms with Gasteiger partial charge in [0.1, 0.15) is 6.10 Å². The van der Waals surface area contributed by atoms with Crippen molar-refractivity contribution >= 4 is 0 Å². The van der Waals surface area contributed by atoms with Crippen molar-refractivity contribution in [3.05, 3.63) is 0 Å². The van der Waals surface area contributed by atoms with Crippen LogP contribution in [0.25, 0.3) is 0 Å². The van der Waals surface area contributed by atoms with Crippen LogP contribution in [0, 0.1) is 5.92 Å². The molecule has 5 atom stereocenters. The largest absolute Gasteiger partial charge is 0.350 e. The van der Waals surface area contributed by atoms with E-state index >= 15 is 0 Å². The maximum atomic E-state index is 5.88. The van der Waals surface area contributed by atoms with Crippen LogP contribution in [0.2, 0.25) is 0 Å². The topological polar surface area (TPSA) is 55.5 Å². The molecule has 0 aromatic carbocycles. The van der Waals surface area contributed by atoms with Crippen LogP contribution < -0.4 is 5.32 Å². The number of ether oxygens (including phenoxy) is 4. The van der Waals surface area contributed by atoms with Gasteiger partial charge in [0.15, 0.2) is 18.8 Å². The second-order valence-electron chi connectivity index (χ2n) is 6.58. The average molecular weight is 283 g/mol. The Morgan fingerprint density at radius 2 is 1.95 bits per heavy atom. The number of fused-ring (bicyclic) bond motifs is 1. The quantitative estimate of drug-likeness (QED) is 0.753. The molecule has 20 heavy (non-hydrogen) atoms. The highest BCUT2D eigenvalue weighted by Crippen LogP contribution is 2.32. The smallest absolute Gasteiger partial charge is 0.199 e. The molecule has 5 heteroatoms. The second kappa shape index (κ2) is 5.89. The molecule has 0 bridgehead atoms. The molecular weight excluding hydrogens is 258 g/mol. The van der Waals surface area contributed by atoms with Crippen molar-refractivity contribution in [3.8, 4) is 0 Å². The summed E-state index contributed by atoms with van der Waals surface area (Å²) in [5.74, 6) is 0.769. The predicted molar refractivity (Wildman–Crippen MR) is 72.0 cm³/mol. The van der Waals surface area contributed by atoms with E-state index in [-0.39, 0.29) is 18.8 Å². The van der Waals surface area contributed by atoms with Crippen molar-refractivity contribution in [2.75, 3.05) is 13.2 Å². The molecule has 4 rings (SSSR count). The molecular formula is C15H25NO4. The van der Waals surface area contributed by atoms with Crippen LogP contribution >= 0.6 is 0 Å². The maximum absolute atomic E-state index is 5.88. The van der Waals surface area contributed by atoms with E-state index in [1.807, 2.05) is 0 Å². The summed E-state index contributed by atoms with van der Waals surface area (Å²) in [7, 11) is 0. The van der Waals surface area contributed by atoms with E-state index in [9.17, 15) is 0 Å². The summed E-state index contributed by atoms with van der Waals surface area (Å²) in [6.07, 6.45) is 9.48. The molecule has 3 saturated heterocycles. The van der Waals surface area contributed by atoms with Gasteiger partial charge in [0, 0.05) is 6.04 Å². The summed E-state index contributed by atoms with van der Waals surface area (Å²) in [5.41, 5.74) is 0. The van der Waals surface area contributed by atoms with Crippen LogP contribution in [0.5, 0.6) is 0 Å². The Kier molecular flexibility index (Phi) is 3.96. The molecule has 4 aliphatic rings. The molecule has 0 spiro atoms. The number of nitrogens with one attached hydrogen (secondary N) is 1. The van der Waals surface area contributed by atoms with Crippen LogP contribution in [0.4, 0.5) is 0 Å². The second-order valence-corrected chi connectivity index (χ2v) is 6.58. The first kappa shape index (κ1) is 13.5. The lowest BCUT2D eigenvalue weighted by Crippen LogP contribution is -2.41. The molecule has 0 amide bonds. The third-order valence-corrected chi connectivity index (χ3v) is 4.87. The van der Waals surface area contributed by atoms with E-state index < -0.39 is 0 Å². The van der Waals surface area contributed by atoms with Gasteiger partial charge in [-0.25, -0.2) is 0 Å². The molecule has 1 aliphatic carbocycles. The van der Waals surface area contributed by atoms with E-state index in [0.717, 1.165) is 32.0 Å². The highest BCUT2D eigenvalue weighted by atomic mass is 16.8. The summed E-state index contributed by atoms with van der Waals surface area (Å²) in [6.45, 7) is 1.64. The van der Waals surface area contributed by atoms with Gasteiger partial charge in [-0.1, -0.05) is 19.3 Å². The first-order valence-corrected chi connectivity index (χ1v) is 8.19. The van der Waals surface area contributed by atoms with Crippen molar-refractivity contribution in [1.29, 1.82) is 0 Å². The molecule has 1 saturated carbocycles. The molecule has 3 heterocycles. The molecule has 4 fully saturated rings. The molecule has 5 unspecified atom stereocenters. The molecule has 114 valence electrons. The number of morpholine rings is 1. The molecule has 3 aliphatic heterocycles. The standard InChI is InChI=1S/C15H25NO4/c1-2-4-10(5-3-1)8-17-14-12(19-14)7-6-11-9-18-15-13(16-11)20-15/h10-16H,1-9H2. The lowest BCUT2D eigenvalue weighted by Gasteiger charge is -2.21. The molecule has 0 radical (unpaired) electrons. The fraction of sp³-hybridized carbons (Fsp3) is 1.00. The Hall–Kier alpha value is -0.200. The highest BCUT2D eigenvalue weighted by molar-refractivity contribution is 4.87. The zero-order chi connectivity index (χ0) is 13.4. The van der Waals surface area contributed by atoms with E-state index in [0.29, 0.717) is 12.1 Å². The van der Waals surface area contributed by atoms with Gasteiger partial charge in [-0.15, -0.1) is 0 Å². The molecule has 1 N–H and O–H groups in total. The number of epoxide rings is 2. The zero-order valence-corrected chi connectivity index (χ0v) is 12.0. The summed E-state index contributed by atoms with van der Waals surface area (Å²) in [5, 5.41) is 3.43. The van der Waals surface area contributed by atoms with Crippen molar-refractivity contribution < 1.29 is 18.9 Å². The Bertz CT molecular complexity index is 334. The van der Waals surface area contributed by atoms with Crippen LogP contribution in [0.1, 0.15) is 44.9 Å². The average Bonchev–Trinajstić information content (AvgIpc) is 3.38. The van der Waals surface area contributed by atoms with Crippen LogP contribution in [-0.4, -0.2) is 44.2 Å². The summed E-state index contributed by atoms with van der Waals surface area (Å²) in [6, 6.07) is 0.405. The van der Waals surface area contributed by atoms with Crippen molar-refractivity contribution in [2.24, 2.45) is 5.92 Å². The van der Waals surface area contributed by atoms with E-state index in [2.05, 4.69) is 5.32 Å². The maximum Gasteiger partial charge on any atom is 0.199 e. The van der Waals surface area contributed by atoms with Gasteiger partial charge in [0.05, 0.1) is 13.2 Å². The normalized spacial score (nSPS) is 44.1. The third-order valence-electron chi connectivity index (χ3n) is 4.87. The number of hydrogen-bond donors (Lipinski definition) is 1. The van der Waals surface area contributed by atoms with Gasteiger partial charge in [-0.2, -0.15) is 0 Å². The number of rotatable bonds is 6.